The normalized spacial score (nSPS) is 27.9. The molecule has 0 heterocycles. The van der Waals surface area contributed by atoms with Crippen LogP contribution < -0.4 is 10.0 Å². The highest BCUT2D eigenvalue weighted by Gasteiger charge is 2.47. The number of benzene rings is 1. The first kappa shape index (κ1) is 20.0. The molecule has 0 spiro atoms. The Hall–Kier alpha value is -1.74. The second-order valence-corrected chi connectivity index (χ2v) is 10.5. The molecule has 0 saturated heterocycles. The maximum absolute atomic E-state index is 14.8. The molecule has 27 heavy (non-hydrogen) atoms. The van der Waals surface area contributed by atoms with Gasteiger partial charge < -0.3 is 9.30 Å². The number of halogens is 3. The molecule has 6 heteroatoms. The largest absolute Gasteiger partial charge is 0.457 e. The molecule has 4 atom stereocenters. The first-order valence-corrected chi connectivity index (χ1v) is 11.3. The molecule has 0 bridgehead atoms. The van der Waals surface area contributed by atoms with Gasteiger partial charge in [0.15, 0.2) is 6.17 Å². The fourth-order valence-corrected chi connectivity index (χ4v) is 6.37. The molecule has 0 amide bonds. The summed E-state index contributed by atoms with van der Waals surface area (Å²) < 4.78 is 61.9. The maximum atomic E-state index is 14.8. The summed E-state index contributed by atoms with van der Waals surface area (Å²) in [6.07, 6.45) is 1.84. The molecule has 2 nitrogen and oxygen atoms in total. The molecule has 1 aromatic rings. The minimum atomic E-state index is -2.71. The van der Waals surface area contributed by atoms with E-state index >= 15 is 0 Å². The van der Waals surface area contributed by atoms with E-state index in [9.17, 15) is 17.7 Å². The van der Waals surface area contributed by atoms with E-state index in [4.69, 9.17) is 4.74 Å². The van der Waals surface area contributed by atoms with Crippen molar-refractivity contribution in [2.45, 2.75) is 50.6 Å². The Balaban J connectivity index is 2.11. The van der Waals surface area contributed by atoms with Gasteiger partial charge in [-0.25, -0.2) is 13.2 Å². The molecule has 4 unspecified atom stereocenters. The molecule has 0 aliphatic heterocycles. The van der Waals surface area contributed by atoms with Gasteiger partial charge in [-0.05, 0) is 56.3 Å². The Bertz CT molecular complexity index is 870. The molecule has 146 valence electrons. The molecular weight excluding hydrogens is 372 g/mol. The topological polar surface area (TPSA) is 26.3 Å². The van der Waals surface area contributed by atoms with Crippen LogP contribution in [0.4, 0.5) is 13.2 Å². The SMILES string of the molecule is C=C/C(F)=C\C(=C/C)Oc1ccc(P(C)(=O)C2CC2)c2c1C(F)C(F)C2C. The van der Waals surface area contributed by atoms with Crippen molar-refractivity contribution in [2.75, 3.05) is 6.66 Å². The van der Waals surface area contributed by atoms with Gasteiger partial charge in [0.25, 0.3) is 0 Å². The highest BCUT2D eigenvalue weighted by molar-refractivity contribution is 7.72. The van der Waals surface area contributed by atoms with Gasteiger partial charge in [0.2, 0.25) is 0 Å². The third kappa shape index (κ3) is 3.54. The summed E-state index contributed by atoms with van der Waals surface area (Å²) in [5, 5.41) is 0.553. The van der Waals surface area contributed by atoms with Gasteiger partial charge in [0.05, 0.1) is 0 Å². The standard InChI is InChI=1S/C21H24F3O2P/c1-5-13(22)11-14(6-2)26-16-9-10-17(27(4,25)15-7-8-15)18-12(3)20(23)21(24)19(16)18/h5-6,9-12,15,20-21H,1,7-8H2,2-4H3/b13-11+,14-6+. The minimum absolute atomic E-state index is 0.0908. The second-order valence-electron chi connectivity index (χ2n) is 7.29. The minimum Gasteiger partial charge on any atom is -0.457 e. The van der Waals surface area contributed by atoms with Crippen molar-refractivity contribution in [2.24, 2.45) is 0 Å². The van der Waals surface area contributed by atoms with Crippen molar-refractivity contribution in [1.29, 1.82) is 0 Å². The number of hydrogen-bond donors (Lipinski definition) is 0. The fraction of sp³-hybridized carbons (Fsp3) is 0.429. The summed E-state index contributed by atoms with van der Waals surface area (Å²) in [6.45, 7) is 8.30. The number of allylic oxidation sites excluding steroid dienone is 4. The number of alkyl halides is 2. The van der Waals surface area contributed by atoms with Gasteiger partial charge in [-0.2, -0.15) is 0 Å². The van der Waals surface area contributed by atoms with Gasteiger partial charge in [-0.15, -0.1) is 0 Å². The second kappa shape index (κ2) is 7.35. The zero-order valence-electron chi connectivity index (χ0n) is 15.7. The van der Waals surface area contributed by atoms with Crippen LogP contribution in [0.15, 0.2) is 48.5 Å². The van der Waals surface area contributed by atoms with Gasteiger partial charge in [-0.3, -0.25) is 0 Å². The molecule has 1 saturated carbocycles. The predicted molar refractivity (Wildman–Crippen MR) is 104 cm³/mol. The van der Waals surface area contributed by atoms with Crippen molar-refractivity contribution in [3.8, 4) is 5.75 Å². The number of ether oxygens (including phenoxy) is 1. The van der Waals surface area contributed by atoms with E-state index < -0.39 is 31.2 Å². The summed E-state index contributed by atoms with van der Waals surface area (Å²) >= 11 is 0. The molecule has 2 aliphatic rings. The number of fused-ring (bicyclic) bond motifs is 1. The van der Waals surface area contributed by atoms with Crippen LogP contribution >= 0.6 is 7.14 Å². The van der Waals surface area contributed by atoms with Gasteiger partial charge in [0, 0.05) is 28.5 Å². The molecule has 1 fully saturated rings. The quantitative estimate of drug-likeness (QED) is 0.323. The van der Waals surface area contributed by atoms with E-state index in [-0.39, 0.29) is 22.7 Å². The van der Waals surface area contributed by atoms with Crippen LogP contribution in [0.2, 0.25) is 0 Å². The zero-order valence-corrected chi connectivity index (χ0v) is 16.6. The van der Waals surface area contributed by atoms with Crippen LogP contribution in [-0.4, -0.2) is 18.5 Å². The molecular formula is C21H24F3O2P. The van der Waals surface area contributed by atoms with Crippen molar-refractivity contribution in [3.63, 3.8) is 0 Å². The molecule has 0 radical (unpaired) electrons. The van der Waals surface area contributed by atoms with E-state index in [0.29, 0.717) is 10.9 Å². The van der Waals surface area contributed by atoms with Gasteiger partial charge >= 0.3 is 0 Å². The lowest BCUT2D eigenvalue weighted by Crippen LogP contribution is -2.17. The highest BCUT2D eigenvalue weighted by Crippen LogP contribution is 2.60. The molecule has 0 N–H and O–H groups in total. The Kier molecular flexibility index (Phi) is 5.45. The van der Waals surface area contributed by atoms with E-state index in [1.807, 2.05) is 0 Å². The number of rotatable bonds is 6. The van der Waals surface area contributed by atoms with Crippen LogP contribution in [0.5, 0.6) is 5.75 Å². The van der Waals surface area contributed by atoms with Crippen LogP contribution in [-0.2, 0) is 4.57 Å². The molecule has 1 aromatic carbocycles. The summed E-state index contributed by atoms with van der Waals surface area (Å²) in [4.78, 5) is 0. The third-order valence-corrected chi connectivity index (χ3v) is 8.68. The lowest BCUT2D eigenvalue weighted by molar-refractivity contribution is 0.166. The number of hydrogen-bond acceptors (Lipinski definition) is 2. The predicted octanol–water partition coefficient (Wildman–Crippen LogP) is 6.26. The summed E-state index contributed by atoms with van der Waals surface area (Å²) in [7, 11) is -2.71. The van der Waals surface area contributed by atoms with Crippen LogP contribution in [0.1, 0.15) is 49.9 Å². The van der Waals surface area contributed by atoms with E-state index in [1.54, 1.807) is 26.6 Å². The first-order valence-electron chi connectivity index (χ1n) is 9.08. The van der Waals surface area contributed by atoms with Crippen LogP contribution in [0.25, 0.3) is 0 Å². The van der Waals surface area contributed by atoms with Crippen molar-refractivity contribution < 1.29 is 22.5 Å². The zero-order chi connectivity index (χ0) is 19.9. The lowest BCUT2D eigenvalue weighted by atomic mass is 10.0. The van der Waals surface area contributed by atoms with E-state index in [1.165, 1.54) is 12.1 Å². The highest BCUT2D eigenvalue weighted by atomic mass is 31.2. The maximum Gasteiger partial charge on any atom is 0.161 e. The van der Waals surface area contributed by atoms with Crippen molar-refractivity contribution >= 4 is 12.4 Å². The summed E-state index contributed by atoms with van der Waals surface area (Å²) in [5.74, 6) is -1.02. The van der Waals surface area contributed by atoms with E-state index in [0.717, 1.165) is 25.0 Å². The third-order valence-electron chi connectivity index (χ3n) is 5.42. The van der Waals surface area contributed by atoms with Crippen LogP contribution in [0, 0.1) is 0 Å². The Morgan fingerprint density at radius 2 is 1.96 bits per heavy atom. The average molecular weight is 396 g/mol. The van der Waals surface area contributed by atoms with Gasteiger partial charge in [0.1, 0.15) is 30.6 Å². The van der Waals surface area contributed by atoms with Crippen LogP contribution in [0.3, 0.4) is 0 Å². The average Bonchev–Trinajstić information content (AvgIpc) is 3.47. The fourth-order valence-electron chi connectivity index (χ4n) is 3.67. The lowest BCUT2D eigenvalue weighted by Gasteiger charge is -2.21. The molecule has 0 aromatic heterocycles. The Labute approximate surface area is 158 Å². The molecule has 2 aliphatic carbocycles. The Morgan fingerprint density at radius 1 is 1.30 bits per heavy atom. The Morgan fingerprint density at radius 3 is 2.52 bits per heavy atom. The van der Waals surface area contributed by atoms with Crippen molar-refractivity contribution in [3.05, 3.63) is 59.7 Å². The van der Waals surface area contributed by atoms with E-state index in [2.05, 4.69) is 6.58 Å². The monoisotopic (exact) mass is 396 g/mol. The smallest absolute Gasteiger partial charge is 0.161 e. The van der Waals surface area contributed by atoms with Crippen molar-refractivity contribution in [1.82, 2.24) is 0 Å². The first-order chi connectivity index (χ1) is 12.7. The summed E-state index contributed by atoms with van der Waals surface area (Å²) in [5.41, 5.74) is 0.642. The van der Waals surface area contributed by atoms with Gasteiger partial charge in [-0.1, -0.05) is 13.5 Å². The summed E-state index contributed by atoms with van der Waals surface area (Å²) in [6, 6.07) is 3.18. The molecule has 3 rings (SSSR count).